The predicted molar refractivity (Wildman–Crippen MR) is 77.7 cm³/mol. The Morgan fingerprint density at radius 1 is 1.39 bits per heavy atom. The number of benzene rings is 1. The SMILES string of the molecule is CO[C@@H]1C[C@@H](c2n[nH]c(C)n2)N(c2c(F)cc(C#N)cc2F)C1. The van der Waals surface area contributed by atoms with Gasteiger partial charge in [-0.25, -0.2) is 13.8 Å². The molecule has 23 heavy (non-hydrogen) atoms. The Labute approximate surface area is 131 Å². The highest BCUT2D eigenvalue weighted by atomic mass is 19.1. The number of anilines is 1. The molecule has 1 aromatic carbocycles. The van der Waals surface area contributed by atoms with Crippen LogP contribution in [-0.4, -0.2) is 34.9 Å². The van der Waals surface area contributed by atoms with E-state index in [2.05, 4.69) is 15.2 Å². The molecule has 2 atom stereocenters. The predicted octanol–water partition coefficient (Wildman–Crippen LogP) is 2.23. The molecule has 2 heterocycles. The fraction of sp³-hybridized carbons (Fsp3) is 0.400. The van der Waals surface area contributed by atoms with Crippen LogP contribution >= 0.6 is 0 Å². The summed E-state index contributed by atoms with van der Waals surface area (Å²) in [7, 11) is 1.56. The molecule has 1 N–H and O–H groups in total. The van der Waals surface area contributed by atoms with Gasteiger partial charge >= 0.3 is 0 Å². The van der Waals surface area contributed by atoms with Crippen LogP contribution in [0.15, 0.2) is 12.1 Å². The largest absolute Gasteiger partial charge is 0.380 e. The summed E-state index contributed by atoms with van der Waals surface area (Å²) in [5.41, 5.74) is -0.243. The first-order valence-electron chi connectivity index (χ1n) is 7.11. The summed E-state index contributed by atoms with van der Waals surface area (Å²) in [6.45, 7) is 2.07. The molecule has 1 aliphatic rings. The summed E-state index contributed by atoms with van der Waals surface area (Å²) in [4.78, 5) is 5.83. The minimum Gasteiger partial charge on any atom is -0.380 e. The lowest BCUT2D eigenvalue weighted by atomic mass is 10.1. The van der Waals surface area contributed by atoms with Gasteiger partial charge in [0.05, 0.1) is 23.8 Å². The Kier molecular flexibility index (Phi) is 3.96. The van der Waals surface area contributed by atoms with Crippen LogP contribution in [0.2, 0.25) is 0 Å². The van der Waals surface area contributed by atoms with Crippen LogP contribution in [0.3, 0.4) is 0 Å². The van der Waals surface area contributed by atoms with Crippen LogP contribution in [0.5, 0.6) is 0 Å². The zero-order chi connectivity index (χ0) is 16.6. The molecule has 1 aromatic heterocycles. The number of rotatable bonds is 3. The molecule has 1 fully saturated rings. The third kappa shape index (κ3) is 2.75. The summed E-state index contributed by atoms with van der Waals surface area (Å²) in [5, 5.41) is 15.7. The van der Waals surface area contributed by atoms with Crippen molar-refractivity contribution in [3.05, 3.63) is 41.0 Å². The number of methoxy groups -OCH3 is 1. The Morgan fingerprint density at radius 2 is 2.09 bits per heavy atom. The third-order valence-electron chi connectivity index (χ3n) is 3.94. The van der Waals surface area contributed by atoms with E-state index in [1.54, 1.807) is 25.0 Å². The summed E-state index contributed by atoms with van der Waals surface area (Å²) < 4.78 is 34.0. The first-order chi connectivity index (χ1) is 11.0. The van der Waals surface area contributed by atoms with E-state index in [1.165, 1.54) is 0 Å². The molecule has 0 amide bonds. The zero-order valence-corrected chi connectivity index (χ0v) is 12.7. The van der Waals surface area contributed by atoms with Gasteiger partial charge < -0.3 is 9.64 Å². The van der Waals surface area contributed by atoms with Gasteiger partial charge in [-0.3, -0.25) is 5.10 Å². The second kappa shape index (κ2) is 5.93. The van der Waals surface area contributed by atoms with Gasteiger partial charge in [0.2, 0.25) is 0 Å². The van der Waals surface area contributed by atoms with Crippen molar-refractivity contribution in [1.29, 1.82) is 5.26 Å². The molecule has 0 saturated carbocycles. The Bertz CT molecular complexity index is 746. The maximum Gasteiger partial charge on any atom is 0.173 e. The minimum atomic E-state index is -0.782. The number of nitrogens with one attached hydrogen (secondary N) is 1. The molecular formula is C15H15F2N5O. The minimum absolute atomic E-state index is 0.0588. The number of aromatic amines is 1. The van der Waals surface area contributed by atoms with Crippen LogP contribution in [0.4, 0.5) is 14.5 Å². The van der Waals surface area contributed by atoms with Crippen molar-refractivity contribution < 1.29 is 13.5 Å². The lowest BCUT2D eigenvalue weighted by molar-refractivity contribution is 0.118. The van der Waals surface area contributed by atoms with Crippen molar-refractivity contribution in [3.8, 4) is 6.07 Å². The number of H-pyrrole nitrogens is 1. The fourth-order valence-electron chi connectivity index (χ4n) is 2.87. The maximum atomic E-state index is 14.4. The number of halogens is 2. The fourth-order valence-corrected chi connectivity index (χ4v) is 2.87. The normalized spacial score (nSPS) is 20.7. The number of aryl methyl sites for hydroxylation is 1. The maximum absolute atomic E-state index is 14.4. The average Bonchev–Trinajstić information content (AvgIpc) is 3.12. The molecule has 1 aliphatic heterocycles. The molecule has 0 spiro atoms. The van der Waals surface area contributed by atoms with Crippen molar-refractivity contribution in [2.45, 2.75) is 25.5 Å². The number of ether oxygens (including phenoxy) is 1. The van der Waals surface area contributed by atoms with Gasteiger partial charge in [0.1, 0.15) is 11.5 Å². The number of hydrogen-bond donors (Lipinski definition) is 1. The van der Waals surface area contributed by atoms with E-state index in [0.29, 0.717) is 24.6 Å². The monoisotopic (exact) mass is 319 g/mol. The van der Waals surface area contributed by atoms with Crippen LogP contribution < -0.4 is 4.90 Å². The van der Waals surface area contributed by atoms with E-state index >= 15 is 0 Å². The highest BCUT2D eigenvalue weighted by Crippen LogP contribution is 2.38. The average molecular weight is 319 g/mol. The standard InChI is InChI=1S/C15H15F2N5O/c1-8-19-15(21-20-8)13-5-10(23-2)7-22(13)14-11(16)3-9(6-18)4-12(14)17/h3-4,10,13H,5,7H2,1-2H3,(H,19,20,21)/t10-,13+/m1/s1. The molecule has 120 valence electrons. The van der Waals surface area contributed by atoms with Crippen LogP contribution in [0.1, 0.15) is 29.7 Å². The van der Waals surface area contributed by atoms with Crippen molar-refractivity contribution in [3.63, 3.8) is 0 Å². The molecule has 0 radical (unpaired) electrons. The van der Waals surface area contributed by atoms with Crippen molar-refractivity contribution >= 4 is 5.69 Å². The Balaban J connectivity index is 2.04. The van der Waals surface area contributed by atoms with E-state index in [0.717, 1.165) is 12.1 Å². The van der Waals surface area contributed by atoms with Gasteiger partial charge in [-0.1, -0.05) is 0 Å². The Morgan fingerprint density at radius 3 is 2.61 bits per heavy atom. The molecule has 8 heteroatoms. The zero-order valence-electron chi connectivity index (χ0n) is 12.7. The molecule has 1 saturated heterocycles. The van der Waals surface area contributed by atoms with E-state index < -0.39 is 17.7 Å². The third-order valence-corrected chi connectivity index (χ3v) is 3.94. The van der Waals surface area contributed by atoms with Gasteiger partial charge in [0.15, 0.2) is 17.5 Å². The quantitative estimate of drug-likeness (QED) is 0.938. The smallest absolute Gasteiger partial charge is 0.173 e. The number of hydrogen-bond acceptors (Lipinski definition) is 5. The van der Waals surface area contributed by atoms with E-state index in [-0.39, 0.29) is 17.4 Å². The summed E-state index contributed by atoms with van der Waals surface area (Å²) in [6.07, 6.45) is 0.334. The topological polar surface area (TPSA) is 77.8 Å². The van der Waals surface area contributed by atoms with Gasteiger partial charge in [0.25, 0.3) is 0 Å². The lowest BCUT2D eigenvalue weighted by Crippen LogP contribution is -2.27. The van der Waals surface area contributed by atoms with Crippen molar-refractivity contribution in [2.24, 2.45) is 0 Å². The molecular weight excluding hydrogens is 304 g/mol. The van der Waals surface area contributed by atoms with Gasteiger partial charge in [0, 0.05) is 20.1 Å². The lowest BCUT2D eigenvalue weighted by Gasteiger charge is -2.25. The summed E-state index contributed by atoms with van der Waals surface area (Å²) in [6, 6.07) is 3.39. The summed E-state index contributed by atoms with van der Waals surface area (Å²) >= 11 is 0. The van der Waals surface area contributed by atoms with Crippen LogP contribution in [0, 0.1) is 29.9 Å². The molecule has 3 rings (SSSR count). The van der Waals surface area contributed by atoms with Crippen LogP contribution in [0.25, 0.3) is 0 Å². The van der Waals surface area contributed by atoms with Gasteiger partial charge in [-0.15, -0.1) is 0 Å². The van der Waals surface area contributed by atoms with Gasteiger partial charge in [-0.05, 0) is 19.1 Å². The number of nitrogens with zero attached hydrogens (tertiary/aromatic N) is 4. The molecule has 0 unspecified atom stereocenters. The first-order valence-corrected chi connectivity index (χ1v) is 7.11. The molecule has 6 nitrogen and oxygen atoms in total. The second-order valence-electron chi connectivity index (χ2n) is 5.44. The molecule has 0 bridgehead atoms. The van der Waals surface area contributed by atoms with E-state index in [1.807, 2.05) is 0 Å². The van der Waals surface area contributed by atoms with Gasteiger partial charge in [-0.2, -0.15) is 10.4 Å². The number of aromatic nitrogens is 3. The summed E-state index contributed by atoms with van der Waals surface area (Å²) in [5.74, 6) is -0.474. The van der Waals surface area contributed by atoms with Crippen LogP contribution in [-0.2, 0) is 4.74 Å². The molecule has 0 aliphatic carbocycles. The molecule has 2 aromatic rings. The Hall–Kier alpha value is -2.53. The van der Waals surface area contributed by atoms with Crippen molar-refractivity contribution in [2.75, 3.05) is 18.6 Å². The van der Waals surface area contributed by atoms with E-state index in [4.69, 9.17) is 10.00 Å². The first kappa shape index (κ1) is 15.4. The highest BCUT2D eigenvalue weighted by molar-refractivity contribution is 5.55. The van der Waals surface area contributed by atoms with Crippen molar-refractivity contribution in [1.82, 2.24) is 15.2 Å². The number of nitriles is 1. The highest BCUT2D eigenvalue weighted by Gasteiger charge is 2.38. The van der Waals surface area contributed by atoms with E-state index in [9.17, 15) is 8.78 Å². The second-order valence-corrected chi connectivity index (χ2v) is 5.44.